The summed E-state index contributed by atoms with van der Waals surface area (Å²) >= 11 is 0. The van der Waals surface area contributed by atoms with Crippen molar-refractivity contribution in [2.24, 2.45) is 11.8 Å². The Morgan fingerprint density at radius 3 is 2.79 bits per heavy atom. The fourth-order valence-corrected chi connectivity index (χ4v) is 2.07. The molecule has 3 nitrogen and oxygen atoms in total. The first-order chi connectivity index (χ1) is 6.66. The third-order valence-electron chi connectivity index (χ3n) is 3.03. The van der Waals surface area contributed by atoms with E-state index in [0.717, 1.165) is 25.7 Å². The summed E-state index contributed by atoms with van der Waals surface area (Å²) in [6.45, 7) is 1.79. The molecule has 80 valence electrons. The normalized spacial score (nSPS) is 25.3. The highest BCUT2D eigenvalue weighted by Gasteiger charge is 2.31. The van der Waals surface area contributed by atoms with Crippen molar-refractivity contribution in [2.75, 3.05) is 7.11 Å². The van der Waals surface area contributed by atoms with E-state index in [1.807, 2.05) is 0 Å². The van der Waals surface area contributed by atoms with E-state index in [4.69, 9.17) is 0 Å². The van der Waals surface area contributed by atoms with Crippen molar-refractivity contribution in [3.8, 4) is 0 Å². The molecule has 0 saturated heterocycles. The van der Waals surface area contributed by atoms with Gasteiger partial charge in [0.15, 0.2) is 0 Å². The van der Waals surface area contributed by atoms with E-state index in [1.54, 1.807) is 6.92 Å². The maximum absolute atomic E-state index is 11.7. The molecule has 0 aromatic rings. The highest BCUT2D eigenvalue weighted by molar-refractivity contribution is 5.86. The molecule has 2 atom stereocenters. The van der Waals surface area contributed by atoms with Crippen LogP contribution >= 0.6 is 0 Å². The van der Waals surface area contributed by atoms with E-state index in [1.165, 1.54) is 7.11 Å². The highest BCUT2D eigenvalue weighted by Crippen LogP contribution is 2.26. The number of Topliss-reactive ketones (excluding diaryl/α,β-unsaturated/α-hetero) is 1. The van der Waals surface area contributed by atoms with Gasteiger partial charge in [-0.15, -0.1) is 0 Å². The first-order valence-electron chi connectivity index (χ1n) is 5.27. The van der Waals surface area contributed by atoms with Crippen LogP contribution in [-0.2, 0) is 14.3 Å². The van der Waals surface area contributed by atoms with Gasteiger partial charge >= 0.3 is 5.97 Å². The molecule has 0 N–H and O–H groups in total. The number of esters is 1. The number of methoxy groups -OCH3 is 1. The molecule has 0 aromatic heterocycles. The van der Waals surface area contributed by atoms with Gasteiger partial charge in [0.2, 0.25) is 0 Å². The predicted molar refractivity (Wildman–Crippen MR) is 52.8 cm³/mol. The van der Waals surface area contributed by atoms with Crippen LogP contribution in [0, 0.1) is 11.8 Å². The van der Waals surface area contributed by atoms with Crippen LogP contribution in [0.2, 0.25) is 0 Å². The molecule has 3 heteroatoms. The van der Waals surface area contributed by atoms with Crippen molar-refractivity contribution in [3.05, 3.63) is 0 Å². The van der Waals surface area contributed by atoms with E-state index in [0.29, 0.717) is 6.42 Å². The molecule has 1 fully saturated rings. The van der Waals surface area contributed by atoms with Gasteiger partial charge in [0, 0.05) is 12.3 Å². The lowest BCUT2D eigenvalue weighted by molar-refractivity contribution is -0.149. The van der Waals surface area contributed by atoms with E-state index in [9.17, 15) is 9.59 Å². The summed E-state index contributed by atoms with van der Waals surface area (Å²) in [5.41, 5.74) is 0. The average molecular weight is 198 g/mol. The minimum absolute atomic E-state index is 0.107. The summed E-state index contributed by atoms with van der Waals surface area (Å²) in [7, 11) is 1.38. The Balaban J connectivity index is 2.63. The molecule has 1 saturated carbocycles. The fourth-order valence-electron chi connectivity index (χ4n) is 2.07. The SMILES string of the molecule is COC(=O)C(C)C1CCCCCC1=O. The molecule has 0 aliphatic heterocycles. The summed E-state index contributed by atoms with van der Waals surface area (Å²) in [5, 5.41) is 0. The third kappa shape index (κ3) is 2.56. The van der Waals surface area contributed by atoms with E-state index < -0.39 is 0 Å². The molecule has 0 heterocycles. The number of carbonyl (C=O) groups excluding carboxylic acids is 2. The van der Waals surface area contributed by atoms with Crippen LogP contribution < -0.4 is 0 Å². The average Bonchev–Trinajstić information content (AvgIpc) is 2.40. The van der Waals surface area contributed by atoms with Crippen LogP contribution in [0.3, 0.4) is 0 Å². The maximum atomic E-state index is 11.7. The zero-order chi connectivity index (χ0) is 10.6. The second-order valence-corrected chi connectivity index (χ2v) is 3.98. The molecule has 0 aromatic carbocycles. The minimum Gasteiger partial charge on any atom is -0.469 e. The molecule has 1 aliphatic rings. The summed E-state index contributed by atoms with van der Waals surface area (Å²) in [6, 6.07) is 0. The Kier molecular flexibility index (Phi) is 4.11. The van der Waals surface area contributed by atoms with Gasteiger partial charge in [-0.25, -0.2) is 0 Å². The maximum Gasteiger partial charge on any atom is 0.309 e. The number of ether oxygens (including phenoxy) is 1. The first-order valence-corrected chi connectivity index (χ1v) is 5.27. The lowest BCUT2D eigenvalue weighted by Crippen LogP contribution is -2.27. The van der Waals surface area contributed by atoms with Gasteiger partial charge in [-0.1, -0.05) is 19.8 Å². The standard InChI is InChI=1S/C11H18O3/c1-8(11(13)14-2)9-6-4-3-5-7-10(9)12/h8-9H,3-7H2,1-2H3. The van der Waals surface area contributed by atoms with E-state index in [-0.39, 0.29) is 23.6 Å². The summed E-state index contributed by atoms with van der Waals surface area (Å²) in [4.78, 5) is 23.0. The first kappa shape index (κ1) is 11.2. The fraction of sp³-hybridized carbons (Fsp3) is 0.818. The van der Waals surface area contributed by atoms with Gasteiger partial charge in [0.05, 0.1) is 13.0 Å². The Morgan fingerprint density at radius 1 is 1.43 bits per heavy atom. The molecular formula is C11H18O3. The van der Waals surface area contributed by atoms with Gasteiger partial charge in [0.1, 0.15) is 5.78 Å². The molecule has 0 radical (unpaired) electrons. The Bertz CT molecular complexity index is 223. The molecule has 14 heavy (non-hydrogen) atoms. The second kappa shape index (κ2) is 5.13. The summed E-state index contributed by atoms with van der Waals surface area (Å²) in [5.74, 6) is -0.402. The summed E-state index contributed by atoms with van der Waals surface area (Å²) in [6.07, 6.45) is 4.61. The van der Waals surface area contributed by atoms with Crippen LogP contribution in [0.4, 0.5) is 0 Å². The number of carbonyl (C=O) groups is 2. The molecular weight excluding hydrogens is 180 g/mol. The Morgan fingerprint density at radius 2 is 2.14 bits per heavy atom. The van der Waals surface area contributed by atoms with Crippen LogP contribution in [0.25, 0.3) is 0 Å². The van der Waals surface area contributed by atoms with Gasteiger partial charge in [-0.05, 0) is 12.8 Å². The van der Waals surface area contributed by atoms with Crippen LogP contribution in [0.15, 0.2) is 0 Å². The van der Waals surface area contributed by atoms with Crippen molar-refractivity contribution in [1.29, 1.82) is 0 Å². The quantitative estimate of drug-likeness (QED) is 0.503. The summed E-state index contributed by atoms with van der Waals surface area (Å²) < 4.78 is 4.66. The molecule has 1 rings (SSSR count). The topological polar surface area (TPSA) is 43.4 Å². The van der Waals surface area contributed by atoms with Gasteiger partial charge < -0.3 is 4.74 Å². The van der Waals surface area contributed by atoms with Crippen molar-refractivity contribution < 1.29 is 14.3 Å². The highest BCUT2D eigenvalue weighted by atomic mass is 16.5. The monoisotopic (exact) mass is 198 g/mol. The van der Waals surface area contributed by atoms with Crippen LogP contribution in [0.1, 0.15) is 39.0 Å². The van der Waals surface area contributed by atoms with E-state index >= 15 is 0 Å². The third-order valence-corrected chi connectivity index (χ3v) is 3.03. The number of ketones is 1. The van der Waals surface area contributed by atoms with Crippen molar-refractivity contribution in [3.63, 3.8) is 0 Å². The van der Waals surface area contributed by atoms with Crippen molar-refractivity contribution in [1.82, 2.24) is 0 Å². The smallest absolute Gasteiger partial charge is 0.309 e. The van der Waals surface area contributed by atoms with Crippen molar-refractivity contribution >= 4 is 11.8 Å². The van der Waals surface area contributed by atoms with Crippen LogP contribution in [-0.4, -0.2) is 18.9 Å². The van der Waals surface area contributed by atoms with Gasteiger partial charge in [0.25, 0.3) is 0 Å². The van der Waals surface area contributed by atoms with Crippen molar-refractivity contribution in [2.45, 2.75) is 39.0 Å². The van der Waals surface area contributed by atoms with Gasteiger partial charge in [-0.2, -0.15) is 0 Å². The largest absolute Gasteiger partial charge is 0.469 e. The van der Waals surface area contributed by atoms with Crippen LogP contribution in [0.5, 0.6) is 0 Å². The molecule has 0 amide bonds. The Hall–Kier alpha value is -0.860. The molecule has 2 unspecified atom stereocenters. The predicted octanol–water partition coefficient (Wildman–Crippen LogP) is 1.94. The number of hydrogen-bond donors (Lipinski definition) is 0. The molecule has 0 spiro atoms. The zero-order valence-corrected chi connectivity index (χ0v) is 8.91. The minimum atomic E-state index is -0.273. The zero-order valence-electron chi connectivity index (χ0n) is 8.91. The number of hydrogen-bond acceptors (Lipinski definition) is 3. The molecule has 0 bridgehead atoms. The Labute approximate surface area is 84.8 Å². The lowest BCUT2D eigenvalue weighted by atomic mass is 9.86. The molecule has 1 aliphatic carbocycles. The number of rotatable bonds is 2. The van der Waals surface area contributed by atoms with Gasteiger partial charge in [-0.3, -0.25) is 9.59 Å². The van der Waals surface area contributed by atoms with E-state index in [2.05, 4.69) is 4.74 Å². The second-order valence-electron chi connectivity index (χ2n) is 3.98. The lowest BCUT2D eigenvalue weighted by Gasteiger charge is -2.18.